The zero-order valence-corrected chi connectivity index (χ0v) is 21.4. The molecule has 1 saturated carbocycles. The van der Waals surface area contributed by atoms with Gasteiger partial charge in [-0.3, -0.25) is 13.8 Å². The lowest BCUT2D eigenvalue weighted by atomic mass is 9.82. The second-order valence-corrected chi connectivity index (χ2v) is 10.7. The van der Waals surface area contributed by atoms with E-state index in [1.165, 1.54) is 0 Å². The molecule has 0 N–H and O–H groups in total. The third-order valence-electron chi connectivity index (χ3n) is 7.17. The number of imidazole rings is 1. The standard InChI is InChI=1S/C26H34N6O3/c1-16-13-20(29-32(16)26(2,3)4)24-28-27-23(35-24)18-9-7-17(8-10-18)15-31-22-14-19(34-6)11-12-21(22)30(5)25(31)33/h11-14,17-18H,7-10,15H2,1-6H3/t17-,18-. The maximum atomic E-state index is 12.9. The number of aromatic nitrogens is 6. The smallest absolute Gasteiger partial charge is 0.328 e. The van der Waals surface area contributed by atoms with Crippen molar-refractivity contribution in [3.8, 4) is 17.3 Å². The third-order valence-corrected chi connectivity index (χ3v) is 7.17. The molecule has 5 rings (SSSR count). The highest BCUT2D eigenvalue weighted by Crippen LogP contribution is 2.37. The Balaban J connectivity index is 1.28. The maximum Gasteiger partial charge on any atom is 0.328 e. The van der Waals surface area contributed by atoms with Crippen LogP contribution in [0.15, 0.2) is 33.5 Å². The van der Waals surface area contributed by atoms with Gasteiger partial charge in [0, 0.05) is 31.3 Å². The minimum absolute atomic E-state index is 0.0157. The first-order valence-electron chi connectivity index (χ1n) is 12.3. The van der Waals surface area contributed by atoms with Crippen LogP contribution in [0.5, 0.6) is 5.75 Å². The molecule has 1 aliphatic carbocycles. The van der Waals surface area contributed by atoms with Crippen LogP contribution >= 0.6 is 0 Å². The fraction of sp³-hybridized carbons (Fsp3) is 0.538. The Labute approximate surface area is 204 Å². The quantitative estimate of drug-likeness (QED) is 0.415. The fourth-order valence-electron chi connectivity index (χ4n) is 5.30. The van der Waals surface area contributed by atoms with Crippen molar-refractivity contribution in [1.29, 1.82) is 0 Å². The van der Waals surface area contributed by atoms with E-state index in [2.05, 4.69) is 31.0 Å². The van der Waals surface area contributed by atoms with Crippen molar-refractivity contribution < 1.29 is 9.15 Å². The zero-order chi connectivity index (χ0) is 24.9. The van der Waals surface area contributed by atoms with Crippen molar-refractivity contribution in [3.63, 3.8) is 0 Å². The summed E-state index contributed by atoms with van der Waals surface area (Å²) in [5.74, 6) is 2.59. The second-order valence-electron chi connectivity index (χ2n) is 10.7. The van der Waals surface area contributed by atoms with Crippen LogP contribution in [-0.4, -0.2) is 36.2 Å². The highest BCUT2D eigenvalue weighted by atomic mass is 16.5. The van der Waals surface area contributed by atoms with E-state index < -0.39 is 0 Å². The lowest BCUT2D eigenvalue weighted by Crippen LogP contribution is -2.27. The Morgan fingerprint density at radius 2 is 1.83 bits per heavy atom. The third kappa shape index (κ3) is 4.28. The van der Waals surface area contributed by atoms with Crippen molar-refractivity contribution in [2.45, 2.75) is 71.4 Å². The number of rotatable bonds is 5. The van der Waals surface area contributed by atoms with Crippen LogP contribution in [0, 0.1) is 12.8 Å². The predicted octanol–water partition coefficient (Wildman–Crippen LogP) is 4.63. The number of nitrogens with zero attached hydrogens (tertiary/aromatic N) is 6. The summed E-state index contributed by atoms with van der Waals surface area (Å²) in [4.78, 5) is 12.9. The van der Waals surface area contributed by atoms with E-state index in [9.17, 15) is 4.79 Å². The molecule has 1 fully saturated rings. The lowest BCUT2D eigenvalue weighted by Gasteiger charge is -2.26. The summed E-state index contributed by atoms with van der Waals surface area (Å²) >= 11 is 0. The Hall–Kier alpha value is -3.36. The van der Waals surface area contributed by atoms with Crippen LogP contribution in [0.4, 0.5) is 0 Å². The minimum atomic E-state index is -0.110. The molecular weight excluding hydrogens is 444 g/mol. The fourth-order valence-corrected chi connectivity index (χ4v) is 5.30. The van der Waals surface area contributed by atoms with Gasteiger partial charge in [-0.15, -0.1) is 10.2 Å². The normalized spacial score (nSPS) is 18.9. The summed E-state index contributed by atoms with van der Waals surface area (Å²) in [7, 11) is 3.47. The molecule has 3 aromatic heterocycles. The number of aryl methyl sites for hydroxylation is 2. The molecule has 0 atom stereocenters. The molecule has 0 aliphatic heterocycles. The Bertz CT molecular complexity index is 1410. The summed E-state index contributed by atoms with van der Waals surface area (Å²) < 4.78 is 17.1. The van der Waals surface area contributed by atoms with Gasteiger partial charge in [0.1, 0.15) is 11.4 Å². The van der Waals surface area contributed by atoms with Crippen LogP contribution in [0.25, 0.3) is 22.6 Å². The first kappa shape index (κ1) is 23.4. The molecule has 35 heavy (non-hydrogen) atoms. The molecule has 0 unspecified atom stereocenters. The van der Waals surface area contributed by atoms with Crippen molar-refractivity contribution in [3.05, 3.63) is 46.3 Å². The van der Waals surface area contributed by atoms with Gasteiger partial charge in [-0.05, 0) is 77.5 Å². The van der Waals surface area contributed by atoms with Crippen molar-refractivity contribution in [1.82, 2.24) is 29.1 Å². The van der Waals surface area contributed by atoms with Gasteiger partial charge in [0.05, 0.1) is 23.7 Å². The number of hydrogen-bond acceptors (Lipinski definition) is 6. The molecular formula is C26H34N6O3. The molecule has 186 valence electrons. The average molecular weight is 479 g/mol. The van der Waals surface area contributed by atoms with Gasteiger partial charge in [-0.25, -0.2) is 4.79 Å². The van der Waals surface area contributed by atoms with Crippen LogP contribution in [0.2, 0.25) is 0 Å². The Morgan fingerprint density at radius 3 is 2.49 bits per heavy atom. The van der Waals surface area contributed by atoms with Gasteiger partial charge >= 0.3 is 5.69 Å². The van der Waals surface area contributed by atoms with E-state index in [4.69, 9.17) is 14.3 Å². The Kier molecular flexibility index (Phi) is 5.81. The molecule has 4 aromatic rings. The number of methoxy groups -OCH3 is 1. The summed E-state index contributed by atoms with van der Waals surface area (Å²) in [6.07, 6.45) is 3.94. The van der Waals surface area contributed by atoms with E-state index in [0.29, 0.717) is 24.2 Å². The van der Waals surface area contributed by atoms with Crippen molar-refractivity contribution >= 4 is 11.0 Å². The van der Waals surface area contributed by atoms with Crippen LogP contribution in [0.3, 0.4) is 0 Å². The monoisotopic (exact) mass is 478 g/mol. The summed E-state index contributed by atoms with van der Waals surface area (Å²) in [6.45, 7) is 9.11. The predicted molar refractivity (Wildman–Crippen MR) is 134 cm³/mol. The molecule has 1 aliphatic rings. The summed E-state index contributed by atoms with van der Waals surface area (Å²) in [5, 5.41) is 13.4. The minimum Gasteiger partial charge on any atom is -0.497 e. The topological polar surface area (TPSA) is 92.9 Å². The molecule has 1 aromatic carbocycles. The van der Waals surface area contributed by atoms with Crippen LogP contribution in [-0.2, 0) is 19.1 Å². The van der Waals surface area contributed by atoms with Crippen LogP contribution < -0.4 is 10.4 Å². The summed E-state index contributed by atoms with van der Waals surface area (Å²) in [5.41, 5.74) is 3.53. The van der Waals surface area contributed by atoms with Crippen molar-refractivity contribution in [2.75, 3.05) is 7.11 Å². The number of hydrogen-bond donors (Lipinski definition) is 0. The van der Waals surface area contributed by atoms with Gasteiger partial charge in [-0.1, -0.05) is 0 Å². The number of ether oxygens (including phenoxy) is 1. The lowest BCUT2D eigenvalue weighted by molar-refractivity contribution is 0.270. The maximum absolute atomic E-state index is 12.9. The second kappa shape index (κ2) is 8.70. The van der Waals surface area contributed by atoms with Crippen LogP contribution in [0.1, 0.15) is 64.0 Å². The molecule has 3 heterocycles. The molecule has 0 spiro atoms. The number of fused-ring (bicyclic) bond motifs is 1. The van der Waals surface area contributed by atoms with E-state index in [1.807, 2.05) is 47.5 Å². The first-order chi connectivity index (χ1) is 16.7. The number of benzene rings is 1. The highest BCUT2D eigenvalue weighted by Gasteiger charge is 2.28. The molecule has 0 radical (unpaired) electrons. The van der Waals surface area contributed by atoms with E-state index in [-0.39, 0.29) is 17.1 Å². The van der Waals surface area contributed by atoms with Gasteiger partial charge in [0.2, 0.25) is 5.89 Å². The molecule has 0 amide bonds. The van der Waals surface area contributed by atoms with E-state index in [0.717, 1.165) is 53.9 Å². The first-order valence-corrected chi connectivity index (χ1v) is 12.3. The zero-order valence-electron chi connectivity index (χ0n) is 21.4. The molecule has 0 bridgehead atoms. The largest absolute Gasteiger partial charge is 0.497 e. The highest BCUT2D eigenvalue weighted by molar-refractivity contribution is 5.77. The molecule has 9 nitrogen and oxygen atoms in total. The van der Waals surface area contributed by atoms with E-state index >= 15 is 0 Å². The Morgan fingerprint density at radius 1 is 1.09 bits per heavy atom. The van der Waals surface area contributed by atoms with Gasteiger partial charge in [0.25, 0.3) is 5.89 Å². The van der Waals surface area contributed by atoms with Gasteiger partial charge in [0.15, 0.2) is 0 Å². The van der Waals surface area contributed by atoms with Gasteiger partial charge in [-0.2, -0.15) is 5.10 Å². The van der Waals surface area contributed by atoms with Crippen molar-refractivity contribution in [2.24, 2.45) is 13.0 Å². The van der Waals surface area contributed by atoms with Gasteiger partial charge < -0.3 is 9.15 Å². The molecule has 9 heteroatoms. The molecule has 0 saturated heterocycles. The summed E-state index contributed by atoms with van der Waals surface area (Å²) in [6, 6.07) is 7.79. The SMILES string of the molecule is COc1ccc2c(c1)n(C[C@H]1CC[C@H](c3nnc(-c4cc(C)n(C(C)(C)C)n4)o3)CC1)c(=O)n2C. The van der Waals surface area contributed by atoms with E-state index in [1.54, 1.807) is 11.7 Å². The average Bonchev–Trinajstić information content (AvgIpc) is 3.53.